The van der Waals surface area contributed by atoms with E-state index in [4.69, 9.17) is 4.74 Å². The Balaban J connectivity index is 1.44. The number of thiophene rings is 1. The van der Waals surface area contributed by atoms with E-state index >= 15 is 0 Å². The third kappa shape index (κ3) is 3.09. The Kier molecular flexibility index (Phi) is 4.50. The van der Waals surface area contributed by atoms with Gasteiger partial charge in [-0.2, -0.15) is 0 Å². The lowest BCUT2D eigenvalue weighted by atomic mass is 9.90. The zero-order valence-electron chi connectivity index (χ0n) is 12.8. The van der Waals surface area contributed by atoms with Crippen LogP contribution in [0.25, 0.3) is 10.2 Å². The highest BCUT2D eigenvalue weighted by Crippen LogP contribution is 2.31. The molecule has 1 saturated heterocycles. The van der Waals surface area contributed by atoms with Crippen LogP contribution in [0, 0.1) is 0 Å². The van der Waals surface area contributed by atoms with Crippen LogP contribution in [-0.4, -0.2) is 51.8 Å². The first-order valence-electron chi connectivity index (χ1n) is 8.05. The number of ether oxygens (including phenoxy) is 1. The summed E-state index contributed by atoms with van der Waals surface area (Å²) in [4.78, 5) is 23.4. The number of rotatable bonds is 3. The zero-order valence-corrected chi connectivity index (χ0v) is 14.4. The van der Waals surface area contributed by atoms with Crippen LogP contribution in [-0.2, 0) is 9.53 Å². The van der Waals surface area contributed by atoms with Gasteiger partial charge in [0.25, 0.3) is 0 Å². The molecule has 0 bridgehead atoms. The first-order chi connectivity index (χ1) is 11.3. The highest BCUT2D eigenvalue weighted by molar-refractivity contribution is 8.00. The number of hydrogen-bond acceptors (Lipinski definition) is 6. The number of carbonyl (C=O) groups excluding carboxylic acids is 1. The first-order valence-corrected chi connectivity index (χ1v) is 9.91. The maximum atomic E-state index is 12.7. The van der Waals surface area contributed by atoms with E-state index < -0.39 is 0 Å². The third-order valence-corrected chi connectivity index (χ3v) is 6.61. The quantitative estimate of drug-likeness (QED) is 0.630. The second-order valence-corrected chi connectivity index (χ2v) is 7.83. The molecule has 2 aliphatic rings. The molecular weight excluding hydrogens is 330 g/mol. The third-order valence-electron chi connectivity index (χ3n) is 4.60. The van der Waals surface area contributed by atoms with Gasteiger partial charge in [0.05, 0.1) is 34.7 Å². The van der Waals surface area contributed by atoms with Crippen LogP contribution in [0.4, 0.5) is 0 Å². The fraction of sp³-hybridized carbons (Fsp3) is 0.562. The summed E-state index contributed by atoms with van der Waals surface area (Å²) in [6.07, 6.45) is 6.40. The van der Waals surface area contributed by atoms with E-state index in [9.17, 15) is 4.79 Å². The molecule has 1 aliphatic heterocycles. The van der Waals surface area contributed by atoms with Gasteiger partial charge in [-0.15, -0.1) is 11.3 Å². The average Bonchev–Trinajstić information content (AvgIpc) is 3.08. The van der Waals surface area contributed by atoms with E-state index in [-0.39, 0.29) is 18.1 Å². The highest BCUT2D eigenvalue weighted by Gasteiger charge is 2.36. The van der Waals surface area contributed by atoms with Gasteiger partial charge < -0.3 is 9.64 Å². The van der Waals surface area contributed by atoms with E-state index in [1.807, 2.05) is 16.3 Å². The van der Waals surface area contributed by atoms with Crippen molar-refractivity contribution in [2.24, 2.45) is 0 Å². The van der Waals surface area contributed by atoms with Gasteiger partial charge in [-0.05, 0) is 24.3 Å². The number of carbonyl (C=O) groups is 1. The molecule has 2 fully saturated rings. The predicted molar refractivity (Wildman–Crippen MR) is 91.8 cm³/mol. The second kappa shape index (κ2) is 6.75. The zero-order chi connectivity index (χ0) is 15.6. The lowest BCUT2D eigenvalue weighted by Gasteiger charge is -2.43. The molecule has 0 N–H and O–H groups in total. The largest absolute Gasteiger partial charge is 0.374 e. The van der Waals surface area contributed by atoms with Gasteiger partial charge in [0.15, 0.2) is 0 Å². The normalized spacial score (nSPS) is 24.6. The van der Waals surface area contributed by atoms with Crippen LogP contribution in [0.2, 0.25) is 0 Å². The Bertz CT molecular complexity index is 703. The number of aromatic nitrogens is 2. The predicted octanol–water partition coefficient (Wildman–Crippen LogP) is 2.95. The lowest BCUT2D eigenvalue weighted by molar-refractivity contribution is -0.146. The van der Waals surface area contributed by atoms with Crippen LogP contribution < -0.4 is 0 Å². The van der Waals surface area contributed by atoms with Gasteiger partial charge in [-0.1, -0.05) is 24.6 Å². The smallest absolute Gasteiger partial charge is 0.233 e. The maximum absolute atomic E-state index is 12.7. The molecule has 7 heteroatoms. The van der Waals surface area contributed by atoms with Crippen LogP contribution >= 0.6 is 23.1 Å². The summed E-state index contributed by atoms with van der Waals surface area (Å²) in [6, 6.07) is 2.26. The van der Waals surface area contributed by atoms with Gasteiger partial charge in [0, 0.05) is 6.54 Å². The SMILES string of the molecule is O=C(CSc1ncnc2ccsc12)N1CCO[C@@H]2CCCC[C@@H]21. The molecule has 2 aromatic heterocycles. The standard InChI is InChI=1S/C16H19N3O2S2/c20-14(19-6-7-21-13-4-2-1-3-12(13)19)9-23-16-15-11(5-8-22-15)17-10-18-16/h5,8,10,12-13H,1-4,6-7,9H2/t12-,13+/m0/s1. The highest BCUT2D eigenvalue weighted by atomic mass is 32.2. The Morgan fingerprint density at radius 3 is 3.26 bits per heavy atom. The molecule has 3 heterocycles. The Hall–Kier alpha value is -1.18. The first kappa shape index (κ1) is 15.4. The van der Waals surface area contributed by atoms with Crippen molar-refractivity contribution in [2.75, 3.05) is 18.9 Å². The molecule has 2 atom stereocenters. The summed E-state index contributed by atoms with van der Waals surface area (Å²) >= 11 is 3.15. The molecular formula is C16H19N3O2S2. The minimum absolute atomic E-state index is 0.207. The molecule has 1 saturated carbocycles. The number of hydrogen-bond donors (Lipinski definition) is 0. The minimum Gasteiger partial charge on any atom is -0.374 e. The lowest BCUT2D eigenvalue weighted by Crippen LogP contribution is -2.55. The summed E-state index contributed by atoms with van der Waals surface area (Å²) in [7, 11) is 0. The number of amides is 1. The van der Waals surface area contributed by atoms with Crippen molar-refractivity contribution < 1.29 is 9.53 Å². The molecule has 5 nitrogen and oxygen atoms in total. The number of thioether (sulfide) groups is 1. The molecule has 0 spiro atoms. The average molecular weight is 349 g/mol. The van der Waals surface area contributed by atoms with Gasteiger partial charge in [-0.25, -0.2) is 9.97 Å². The molecule has 1 aliphatic carbocycles. The summed E-state index contributed by atoms with van der Waals surface area (Å²) in [6.45, 7) is 1.39. The Morgan fingerprint density at radius 2 is 2.30 bits per heavy atom. The number of nitrogens with zero attached hydrogens (tertiary/aromatic N) is 3. The summed E-state index contributed by atoms with van der Waals surface area (Å²) in [5.41, 5.74) is 0.957. The Labute approximate surface area is 143 Å². The van der Waals surface area contributed by atoms with E-state index in [0.717, 1.165) is 34.6 Å². The van der Waals surface area contributed by atoms with Crippen molar-refractivity contribution in [1.29, 1.82) is 0 Å². The molecule has 0 unspecified atom stereocenters. The van der Waals surface area contributed by atoms with Crippen LogP contribution in [0.15, 0.2) is 22.8 Å². The van der Waals surface area contributed by atoms with Crippen molar-refractivity contribution in [1.82, 2.24) is 14.9 Å². The van der Waals surface area contributed by atoms with Gasteiger partial charge >= 0.3 is 0 Å². The molecule has 23 heavy (non-hydrogen) atoms. The maximum Gasteiger partial charge on any atom is 0.233 e. The van der Waals surface area contributed by atoms with E-state index in [1.54, 1.807) is 17.7 Å². The fourth-order valence-corrected chi connectivity index (χ4v) is 5.32. The van der Waals surface area contributed by atoms with Crippen LogP contribution in [0.5, 0.6) is 0 Å². The second-order valence-electron chi connectivity index (χ2n) is 5.95. The van der Waals surface area contributed by atoms with E-state index in [1.165, 1.54) is 24.6 Å². The van der Waals surface area contributed by atoms with Crippen molar-refractivity contribution in [2.45, 2.75) is 42.9 Å². The van der Waals surface area contributed by atoms with Gasteiger partial charge in [0.1, 0.15) is 11.4 Å². The molecule has 122 valence electrons. The molecule has 2 aromatic rings. The molecule has 4 rings (SSSR count). The monoisotopic (exact) mass is 349 g/mol. The fourth-order valence-electron chi connectivity index (χ4n) is 3.49. The topological polar surface area (TPSA) is 55.3 Å². The van der Waals surface area contributed by atoms with E-state index in [0.29, 0.717) is 12.4 Å². The van der Waals surface area contributed by atoms with Crippen LogP contribution in [0.1, 0.15) is 25.7 Å². The van der Waals surface area contributed by atoms with E-state index in [2.05, 4.69) is 9.97 Å². The summed E-state index contributed by atoms with van der Waals surface area (Å²) < 4.78 is 6.92. The minimum atomic E-state index is 0.207. The molecule has 0 radical (unpaired) electrons. The molecule has 0 aromatic carbocycles. The van der Waals surface area contributed by atoms with Crippen molar-refractivity contribution in [3.63, 3.8) is 0 Å². The summed E-state index contributed by atoms with van der Waals surface area (Å²) in [5, 5.41) is 2.92. The van der Waals surface area contributed by atoms with Crippen molar-refractivity contribution in [3.8, 4) is 0 Å². The number of fused-ring (bicyclic) bond motifs is 2. The number of morpholine rings is 1. The van der Waals surface area contributed by atoms with Crippen molar-refractivity contribution in [3.05, 3.63) is 17.8 Å². The Morgan fingerprint density at radius 1 is 1.39 bits per heavy atom. The van der Waals surface area contributed by atoms with Crippen molar-refractivity contribution >= 4 is 39.2 Å². The van der Waals surface area contributed by atoms with Gasteiger partial charge in [0.2, 0.25) is 5.91 Å². The van der Waals surface area contributed by atoms with Gasteiger partial charge in [-0.3, -0.25) is 4.79 Å². The van der Waals surface area contributed by atoms with Crippen LogP contribution in [0.3, 0.4) is 0 Å². The molecule has 1 amide bonds. The summed E-state index contributed by atoms with van der Waals surface area (Å²) in [5.74, 6) is 0.645.